The molecule has 0 aromatic carbocycles. The van der Waals surface area contributed by atoms with Crippen molar-refractivity contribution in [2.24, 2.45) is 0 Å². The van der Waals surface area contributed by atoms with Gasteiger partial charge in [0, 0.05) is 25.7 Å². The highest BCUT2D eigenvalue weighted by molar-refractivity contribution is 7.47. The van der Waals surface area contributed by atoms with E-state index in [9.17, 15) is 43.2 Å². The maximum atomic E-state index is 13.1. The lowest BCUT2D eigenvalue weighted by molar-refractivity contribution is -0.161. The van der Waals surface area contributed by atoms with Crippen LogP contribution in [0, 0.1) is 0 Å². The van der Waals surface area contributed by atoms with Crippen LogP contribution in [0.5, 0.6) is 0 Å². The van der Waals surface area contributed by atoms with Crippen molar-refractivity contribution in [3.05, 3.63) is 134 Å². The first-order valence-electron chi connectivity index (χ1n) is 41.4. The zero-order valence-electron chi connectivity index (χ0n) is 66.6. The molecule has 0 aliphatic carbocycles. The number of carbonyl (C=O) groups excluding carboxylic acids is 4. The molecule has 0 radical (unpaired) electrons. The predicted octanol–water partition coefficient (Wildman–Crippen LogP) is 24.4. The summed E-state index contributed by atoms with van der Waals surface area (Å²) in [6.45, 7) is 4.58. The smallest absolute Gasteiger partial charge is 0.462 e. The SMILES string of the molecule is CC/C=C\C/C=C\C/C=C\C/C=C\C/C=C\CCCCCC(=O)OC[C@H](COP(=O)(O)OC[C@@H](O)COP(=O)(O)OC[C@@H](COC(=O)CCCCC/C=C\C/C=C\C/C=C\C/C=C\C/C=C\CC)OC(=O)CCCCCCCCCCCCCCCCC)OC(=O)CCCCCCC/C=C\CCCCCC. The molecule has 5 atom stereocenters. The number of allylic oxidation sites excluding steroid dienone is 22. The lowest BCUT2D eigenvalue weighted by Crippen LogP contribution is -2.30. The largest absolute Gasteiger partial charge is 0.472 e. The third-order valence-corrected chi connectivity index (χ3v) is 19.0. The van der Waals surface area contributed by atoms with Crippen LogP contribution in [0.1, 0.15) is 336 Å². The van der Waals surface area contributed by atoms with E-state index in [4.69, 9.17) is 37.0 Å². The molecule has 106 heavy (non-hydrogen) atoms. The van der Waals surface area contributed by atoms with Crippen molar-refractivity contribution in [2.75, 3.05) is 39.6 Å². The fourth-order valence-corrected chi connectivity index (χ4v) is 12.4. The number of rotatable bonds is 77. The van der Waals surface area contributed by atoms with Crippen molar-refractivity contribution >= 4 is 39.5 Å². The van der Waals surface area contributed by atoms with Gasteiger partial charge in [-0.25, -0.2) is 9.13 Å². The molecule has 0 aliphatic heterocycles. The van der Waals surface area contributed by atoms with Crippen LogP contribution in [0.4, 0.5) is 0 Å². The molecule has 0 fully saturated rings. The highest BCUT2D eigenvalue weighted by Gasteiger charge is 2.30. The number of phosphoric ester groups is 2. The Hall–Kier alpha value is -4.80. The quantitative estimate of drug-likeness (QED) is 0.0169. The van der Waals surface area contributed by atoms with E-state index < -0.39 is 97.5 Å². The van der Waals surface area contributed by atoms with Gasteiger partial charge in [-0.1, -0.05) is 303 Å². The topological polar surface area (TPSA) is 237 Å². The second kappa shape index (κ2) is 78.3. The van der Waals surface area contributed by atoms with Crippen LogP contribution in [-0.4, -0.2) is 96.7 Å². The molecule has 2 unspecified atom stereocenters. The second-order valence-electron chi connectivity index (χ2n) is 27.3. The average Bonchev–Trinajstić information content (AvgIpc) is 0.901. The summed E-state index contributed by atoms with van der Waals surface area (Å²) < 4.78 is 68.7. The van der Waals surface area contributed by atoms with Gasteiger partial charge in [-0.15, -0.1) is 0 Å². The van der Waals surface area contributed by atoms with Crippen LogP contribution in [-0.2, 0) is 65.4 Å². The Labute approximate surface area is 644 Å². The van der Waals surface area contributed by atoms with Gasteiger partial charge in [0.15, 0.2) is 12.2 Å². The minimum atomic E-state index is -4.99. The Morgan fingerprint density at radius 3 is 0.783 bits per heavy atom. The van der Waals surface area contributed by atoms with Crippen molar-refractivity contribution in [1.29, 1.82) is 0 Å². The summed E-state index contributed by atoms with van der Waals surface area (Å²) in [6.07, 6.45) is 88.5. The van der Waals surface area contributed by atoms with Gasteiger partial charge in [0.25, 0.3) is 0 Å². The van der Waals surface area contributed by atoms with Crippen LogP contribution in [0.15, 0.2) is 134 Å². The molecule has 0 saturated heterocycles. The van der Waals surface area contributed by atoms with E-state index in [0.29, 0.717) is 25.7 Å². The van der Waals surface area contributed by atoms with Crippen LogP contribution < -0.4 is 0 Å². The van der Waals surface area contributed by atoms with Crippen molar-refractivity contribution in [3.63, 3.8) is 0 Å². The summed E-state index contributed by atoms with van der Waals surface area (Å²) in [7, 11) is -9.98. The molecule has 0 rings (SSSR count). The lowest BCUT2D eigenvalue weighted by atomic mass is 10.0. The van der Waals surface area contributed by atoms with Crippen LogP contribution in [0.3, 0.4) is 0 Å². The van der Waals surface area contributed by atoms with Gasteiger partial charge >= 0.3 is 39.5 Å². The van der Waals surface area contributed by atoms with Crippen molar-refractivity contribution in [3.8, 4) is 0 Å². The number of esters is 4. The van der Waals surface area contributed by atoms with E-state index in [1.165, 1.54) is 89.9 Å². The summed E-state index contributed by atoms with van der Waals surface area (Å²) in [5.41, 5.74) is 0. The van der Waals surface area contributed by atoms with Crippen LogP contribution in [0.25, 0.3) is 0 Å². The fraction of sp³-hybridized carbons (Fsp3) is 0.701. The lowest BCUT2D eigenvalue weighted by Gasteiger charge is -2.21. The third kappa shape index (κ3) is 77.4. The summed E-state index contributed by atoms with van der Waals surface area (Å²) in [5, 5.41) is 10.7. The Morgan fingerprint density at radius 1 is 0.274 bits per heavy atom. The second-order valence-corrected chi connectivity index (χ2v) is 30.2. The normalized spacial score (nSPS) is 14.5. The molecule has 0 amide bonds. The van der Waals surface area contributed by atoms with Gasteiger partial charge in [0.05, 0.1) is 26.4 Å². The maximum absolute atomic E-state index is 13.1. The Bertz CT molecular complexity index is 2530. The van der Waals surface area contributed by atoms with Gasteiger partial charge in [0.1, 0.15) is 19.3 Å². The van der Waals surface area contributed by atoms with Crippen molar-refractivity contribution < 1.29 is 80.2 Å². The first kappa shape index (κ1) is 101. The first-order chi connectivity index (χ1) is 51.7. The summed E-state index contributed by atoms with van der Waals surface area (Å²) >= 11 is 0. The Balaban J connectivity index is 5.40. The highest BCUT2D eigenvalue weighted by atomic mass is 31.2. The fourth-order valence-electron chi connectivity index (χ4n) is 10.9. The van der Waals surface area contributed by atoms with Gasteiger partial charge in [0.2, 0.25) is 0 Å². The minimum absolute atomic E-state index is 0.0745. The molecular weight excluding hydrogens is 1380 g/mol. The van der Waals surface area contributed by atoms with E-state index in [2.05, 4.69) is 161 Å². The Morgan fingerprint density at radius 2 is 0.491 bits per heavy atom. The summed E-state index contributed by atoms with van der Waals surface area (Å²) in [4.78, 5) is 73.1. The van der Waals surface area contributed by atoms with Gasteiger partial charge in [-0.2, -0.15) is 0 Å². The van der Waals surface area contributed by atoms with E-state index in [1.54, 1.807) is 0 Å². The van der Waals surface area contributed by atoms with E-state index >= 15 is 0 Å². The third-order valence-electron chi connectivity index (χ3n) is 17.1. The molecule has 0 bridgehead atoms. The summed E-state index contributed by atoms with van der Waals surface area (Å²) in [5.74, 6) is -2.25. The predicted molar refractivity (Wildman–Crippen MR) is 436 cm³/mol. The molecule has 0 spiro atoms. The number of carbonyl (C=O) groups is 4. The van der Waals surface area contributed by atoms with Gasteiger partial charge in [-0.05, 0) is 141 Å². The molecule has 0 saturated carbocycles. The number of hydrogen-bond donors (Lipinski definition) is 3. The molecule has 17 nitrogen and oxygen atoms in total. The number of hydrogen-bond acceptors (Lipinski definition) is 15. The monoisotopic (exact) mass is 1530 g/mol. The van der Waals surface area contributed by atoms with E-state index in [-0.39, 0.29) is 25.7 Å². The molecule has 0 aromatic heterocycles. The van der Waals surface area contributed by atoms with Crippen molar-refractivity contribution in [2.45, 2.75) is 354 Å². The van der Waals surface area contributed by atoms with Gasteiger partial charge in [-0.3, -0.25) is 37.3 Å². The highest BCUT2D eigenvalue weighted by Crippen LogP contribution is 2.45. The van der Waals surface area contributed by atoms with Crippen LogP contribution in [0.2, 0.25) is 0 Å². The zero-order chi connectivity index (χ0) is 77.4. The van der Waals surface area contributed by atoms with Gasteiger partial charge < -0.3 is 33.8 Å². The first-order valence-corrected chi connectivity index (χ1v) is 44.4. The minimum Gasteiger partial charge on any atom is -0.462 e. The number of unbranched alkanes of at least 4 members (excludes halogenated alkanes) is 29. The standard InChI is InChI=1S/C87H148O17P2/c1-5-9-13-17-21-25-29-33-36-38-40-42-45-48-51-55-59-63-67-71-84(89)97-77-82(103-86(91)73-69-65-61-57-53-47-32-28-24-20-16-12-8-4)79-101-105(93,94)99-75-81(88)76-100-106(95,96)102-80-83(104-87(92)74-70-66-62-58-54-50-44-35-31-27-23-19-15-11-7-3)78-98-85(90)72-68-64-60-56-52-49-46-43-41-39-37-34-30-26-22-18-14-10-6-2/h9-10,13-14,21-22,25-26,28,32-34,36-37,40-43,48-49,51-52,81-83,88H,5-8,11-12,15-20,23-24,27,29-31,35,38-39,44-47,50,53-80H2,1-4H3,(H,93,94)(H,95,96)/b13-9-,14-10-,25-21-,26-22-,32-28-,36-33-,37-34-,42-40-,43-41-,51-48-,52-49-/t81-,82-,83-/m1/s1. The van der Waals surface area contributed by atoms with Crippen LogP contribution >= 0.6 is 15.6 Å². The number of phosphoric acid groups is 2. The molecule has 0 heterocycles. The molecule has 3 N–H and O–H groups in total. The molecule has 608 valence electrons. The van der Waals surface area contributed by atoms with E-state index in [0.717, 1.165) is 167 Å². The summed E-state index contributed by atoms with van der Waals surface area (Å²) in [6, 6.07) is 0. The molecular formula is C87H148O17P2. The molecule has 0 aliphatic rings. The zero-order valence-corrected chi connectivity index (χ0v) is 68.4. The average molecular weight is 1530 g/mol. The number of aliphatic hydroxyl groups is 1. The molecule has 19 heteroatoms. The van der Waals surface area contributed by atoms with E-state index in [1.807, 2.05) is 0 Å². The molecule has 0 aromatic rings. The Kier molecular flexibility index (Phi) is 74.8. The number of aliphatic hydroxyl groups excluding tert-OH is 1. The maximum Gasteiger partial charge on any atom is 0.472 e. The number of ether oxygens (including phenoxy) is 4. The van der Waals surface area contributed by atoms with Crippen molar-refractivity contribution in [1.82, 2.24) is 0 Å².